The van der Waals surface area contributed by atoms with Gasteiger partial charge in [0.25, 0.3) is 0 Å². The van der Waals surface area contributed by atoms with Crippen LogP contribution in [-0.4, -0.2) is 23.1 Å². The third-order valence-electron chi connectivity index (χ3n) is 7.16. The second-order valence-electron chi connectivity index (χ2n) is 11.2. The number of halogens is 1. The van der Waals surface area contributed by atoms with E-state index in [1.165, 1.54) is 5.56 Å². The van der Waals surface area contributed by atoms with Gasteiger partial charge in [-0.2, -0.15) is 0 Å². The Morgan fingerprint density at radius 2 is 1.62 bits per heavy atom. The number of fused-ring (bicyclic) bond motifs is 2. The molecule has 1 unspecified atom stereocenters. The summed E-state index contributed by atoms with van der Waals surface area (Å²) in [5.41, 5.74) is 6.35. The van der Waals surface area contributed by atoms with Gasteiger partial charge >= 0.3 is 185 Å². The zero-order valence-corrected chi connectivity index (χ0v) is 27.6. The van der Waals surface area contributed by atoms with Crippen molar-refractivity contribution in [3.05, 3.63) is 102 Å². The van der Waals surface area contributed by atoms with Gasteiger partial charge in [-0.3, -0.25) is 0 Å². The molecule has 4 aromatic rings. The van der Waals surface area contributed by atoms with Gasteiger partial charge in [-0.25, -0.2) is 0 Å². The third kappa shape index (κ3) is 6.82. The number of nitrogens with one attached hydrogen (secondary N) is 1. The van der Waals surface area contributed by atoms with Crippen LogP contribution in [0.2, 0.25) is 0 Å². The topological polar surface area (TPSA) is 69.6 Å². The second kappa shape index (κ2) is 12.7. The van der Waals surface area contributed by atoms with Crippen molar-refractivity contribution >= 4 is 84.8 Å². The standard InChI is InChI=1S/C33H31BIN2O3PS/c1-33(2,3)26-19-25(41(34)35)20-29(32(26)40)42-31(39)16-15-30(38)37(23-10-5-4-6-11-23)24-13-14-28-22(18-24)17-21-9-7-8-12-27(21)36-28/h4-14,18-20,36,40H,15-17H2,1-3H3. The molecule has 212 valence electrons. The predicted octanol–water partition coefficient (Wildman–Crippen LogP) is 8.64. The number of benzene rings is 4. The number of nitrogens with zero attached hydrogens (tertiary/aromatic N) is 1. The van der Waals surface area contributed by atoms with Gasteiger partial charge in [-0.15, -0.1) is 0 Å². The Morgan fingerprint density at radius 3 is 2.33 bits per heavy atom. The summed E-state index contributed by atoms with van der Waals surface area (Å²) in [4.78, 5) is 28.1. The average Bonchev–Trinajstić information content (AvgIpc) is 2.96. The monoisotopic (exact) mass is 704 g/mol. The molecule has 1 aliphatic heterocycles. The van der Waals surface area contributed by atoms with Gasteiger partial charge in [0.05, 0.1) is 0 Å². The van der Waals surface area contributed by atoms with Crippen LogP contribution in [0.25, 0.3) is 0 Å². The maximum atomic E-state index is 13.7. The molecule has 5 nitrogen and oxygen atoms in total. The minimum atomic E-state index is -0.940. The quantitative estimate of drug-likeness (QED) is 0.0802. The van der Waals surface area contributed by atoms with Gasteiger partial charge in [0, 0.05) is 17.8 Å². The van der Waals surface area contributed by atoms with Gasteiger partial charge in [0.1, 0.15) is 0 Å². The first-order chi connectivity index (χ1) is 20.0. The van der Waals surface area contributed by atoms with Crippen LogP contribution in [0.4, 0.5) is 22.7 Å². The van der Waals surface area contributed by atoms with Crippen LogP contribution in [-0.2, 0) is 21.4 Å². The molecule has 0 bridgehead atoms. The molecule has 5 rings (SSSR count). The van der Waals surface area contributed by atoms with Gasteiger partial charge in [-0.05, 0) is 23.3 Å². The first kappa shape index (κ1) is 30.5. The van der Waals surface area contributed by atoms with Gasteiger partial charge in [0.15, 0.2) is 0 Å². The second-order valence-corrected chi connectivity index (χ2v) is 16.6. The Balaban J connectivity index is 1.36. The summed E-state index contributed by atoms with van der Waals surface area (Å²) in [6.07, 6.45) is 0.823. The van der Waals surface area contributed by atoms with Gasteiger partial charge < -0.3 is 5.32 Å². The number of phenolic OH excluding ortho intramolecular Hbond substituents is 1. The number of carbonyl (C=O) groups excluding carboxylic acids is 2. The van der Waals surface area contributed by atoms with Crippen LogP contribution in [0.3, 0.4) is 0 Å². The van der Waals surface area contributed by atoms with Crippen LogP contribution in [0, 0.1) is 0 Å². The molecule has 9 heteroatoms. The fourth-order valence-electron chi connectivity index (χ4n) is 5.01. The molecule has 1 aliphatic rings. The summed E-state index contributed by atoms with van der Waals surface area (Å²) in [6, 6.07) is 27.4. The summed E-state index contributed by atoms with van der Waals surface area (Å²) in [5, 5.41) is 15.2. The molecule has 0 saturated carbocycles. The molecular weight excluding hydrogens is 673 g/mol. The maximum absolute atomic E-state index is 13.7. The van der Waals surface area contributed by atoms with Gasteiger partial charge in [0.2, 0.25) is 0 Å². The van der Waals surface area contributed by atoms with Crippen molar-refractivity contribution in [3.8, 4) is 5.75 Å². The Bertz CT molecular complexity index is 1750. The minimum absolute atomic E-state index is 0.0291. The first-order valence-electron chi connectivity index (χ1n) is 13.7. The van der Waals surface area contributed by atoms with E-state index < -0.39 is 4.88 Å². The van der Waals surface area contributed by atoms with Crippen molar-refractivity contribution in [2.75, 3.05) is 10.2 Å². The molecule has 0 aromatic heterocycles. The Kier molecular flexibility index (Phi) is 9.26. The Labute approximate surface area is 266 Å². The first-order valence-corrected chi connectivity index (χ1v) is 18.7. The molecule has 1 atom stereocenters. The van der Waals surface area contributed by atoms with E-state index >= 15 is 0 Å². The van der Waals surface area contributed by atoms with E-state index in [1.807, 2.05) is 87.5 Å². The Morgan fingerprint density at radius 1 is 0.929 bits per heavy atom. The van der Waals surface area contributed by atoms with Gasteiger partial charge in [-0.1, -0.05) is 36.4 Å². The van der Waals surface area contributed by atoms with Crippen LogP contribution < -0.4 is 15.5 Å². The number of aromatic hydroxyl groups is 1. The number of amides is 1. The number of thioether (sulfide) groups is 1. The van der Waals surface area contributed by atoms with Crippen molar-refractivity contribution in [1.82, 2.24) is 0 Å². The molecule has 1 amide bonds. The number of hydrogen-bond acceptors (Lipinski definition) is 5. The zero-order chi connectivity index (χ0) is 30.0. The fraction of sp³-hybridized carbons (Fsp3) is 0.212. The molecule has 0 fully saturated rings. The molecule has 0 spiro atoms. The summed E-state index contributed by atoms with van der Waals surface area (Å²) in [7, 11) is 6.21. The van der Waals surface area contributed by atoms with Crippen LogP contribution in [0.1, 0.15) is 50.3 Å². The van der Waals surface area contributed by atoms with E-state index in [2.05, 4.69) is 39.5 Å². The van der Waals surface area contributed by atoms with Crippen LogP contribution >= 0.6 is 38.7 Å². The normalized spacial score (nSPS) is 12.6. The van der Waals surface area contributed by atoms with Crippen LogP contribution in [0.15, 0.2) is 89.8 Å². The van der Waals surface area contributed by atoms with E-state index in [1.54, 1.807) is 11.0 Å². The number of para-hydroxylation sites is 2. The molecule has 42 heavy (non-hydrogen) atoms. The average molecular weight is 704 g/mol. The van der Waals surface area contributed by atoms with E-state index in [9.17, 15) is 14.7 Å². The zero-order valence-electron chi connectivity index (χ0n) is 23.7. The van der Waals surface area contributed by atoms with E-state index in [0.717, 1.165) is 57.4 Å². The molecule has 2 N–H and O–H groups in total. The molecule has 0 aliphatic carbocycles. The van der Waals surface area contributed by atoms with Crippen molar-refractivity contribution in [1.29, 1.82) is 0 Å². The molecule has 1 heterocycles. The number of phenols is 1. The summed E-state index contributed by atoms with van der Waals surface area (Å²) in [5.74, 6) is -0.0790. The fourth-order valence-corrected chi connectivity index (χ4v) is 7.28. The number of hydrogen-bond donors (Lipinski definition) is 2. The van der Waals surface area contributed by atoms with E-state index in [4.69, 9.17) is 7.01 Å². The number of anilines is 4. The van der Waals surface area contributed by atoms with Crippen molar-refractivity contribution < 1.29 is 14.7 Å². The molecule has 0 saturated heterocycles. The molecule has 0 radical (unpaired) electrons. The van der Waals surface area contributed by atoms with Crippen molar-refractivity contribution in [3.63, 3.8) is 0 Å². The third-order valence-corrected chi connectivity index (χ3v) is 10.5. The van der Waals surface area contributed by atoms with Crippen LogP contribution in [0.5, 0.6) is 5.75 Å². The van der Waals surface area contributed by atoms with Crippen molar-refractivity contribution in [2.24, 2.45) is 0 Å². The molecule has 4 aromatic carbocycles. The SMILES string of the molecule is B#P(I)c1cc(SC(=O)CCC(=O)N(c2ccccc2)c2ccc3c(c2)Cc2ccccc2N3)c(O)c(C(C)(C)C)c1. The van der Waals surface area contributed by atoms with Crippen molar-refractivity contribution in [2.45, 2.75) is 50.3 Å². The summed E-state index contributed by atoms with van der Waals surface area (Å²) < 4.78 is 0. The Hall–Kier alpha value is -2.94. The summed E-state index contributed by atoms with van der Waals surface area (Å²) >= 11 is 3.16. The summed E-state index contributed by atoms with van der Waals surface area (Å²) in [6.45, 7) is 6.04. The predicted molar refractivity (Wildman–Crippen MR) is 186 cm³/mol. The number of carbonyl (C=O) groups is 2. The van der Waals surface area contributed by atoms with E-state index in [0.29, 0.717) is 4.90 Å². The van der Waals surface area contributed by atoms with E-state index in [-0.39, 0.29) is 35.0 Å². The molecular formula is C33H31BIN2O3PS. The number of rotatable bonds is 6.